The van der Waals surface area contributed by atoms with Gasteiger partial charge in [-0.3, -0.25) is 9.59 Å². The standard InChI is InChI=1S/C24H22F3N5O3/c1-13(33)31-6-7-32(21(10-31)14-2-4-15(5-3-14)24(25,26)27)23(34)19-8-16-17-11-35-12-18(17)22(28)30-20(16)9-29-19/h2-5,8-9,21H,6-7,10-12H2,1H3,(H2,28,30). The number of amides is 2. The van der Waals surface area contributed by atoms with E-state index in [4.69, 9.17) is 10.5 Å². The largest absolute Gasteiger partial charge is 0.416 e. The van der Waals surface area contributed by atoms with Gasteiger partial charge in [-0.1, -0.05) is 12.1 Å². The fourth-order valence-corrected chi connectivity index (χ4v) is 4.63. The van der Waals surface area contributed by atoms with Crippen molar-refractivity contribution in [3.05, 3.63) is 64.5 Å². The van der Waals surface area contributed by atoms with Crippen molar-refractivity contribution in [3.8, 4) is 0 Å². The zero-order chi connectivity index (χ0) is 24.9. The smallest absolute Gasteiger partial charge is 0.383 e. The highest BCUT2D eigenvalue weighted by molar-refractivity contribution is 5.97. The van der Waals surface area contributed by atoms with E-state index in [0.717, 1.165) is 28.6 Å². The van der Waals surface area contributed by atoms with Gasteiger partial charge in [0.05, 0.1) is 36.5 Å². The summed E-state index contributed by atoms with van der Waals surface area (Å²) in [7, 11) is 0. The maximum Gasteiger partial charge on any atom is 0.416 e. The van der Waals surface area contributed by atoms with E-state index in [1.165, 1.54) is 25.3 Å². The molecule has 0 aliphatic carbocycles. The van der Waals surface area contributed by atoms with Crippen molar-refractivity contribution in [3.63, 3.8) is 0 Å². The number of nitrogen functional groups attached to an aromatic ring is 1. The van der Waals surface area contributed by atoms with E-state index in [1.807, 2.05) is 0 Å². The van der Waals surface area contributed by atoms with Gasteiger partial charge in [-0.25, -0.2) is 9.97 Å². The van der Waals surface area contributed by atoms with E-state index in [-0.39, 0.29) is 30.6 Å². The number of carbonyl (C=O) groups is 2. The van der Waals surface area contributed by atoms with Crippen LogP contribution in [0.5, 0.6) is 0 Å². The maximum absolute atomic E-state index is 13.6. The Morgan fingerprint density at radius 2 is 1.83 bits per heavy atom. The Labute approximate surface area is 198 Å². The number of piperazine rings is 1. The molecule has 35 heavy (non-hydrogen) atoms. The molecule has 2 aliphatic rings. The maximum atomic E-state index is 13.6. The minimum Gasteiger partial charge on any atom is -0.383 e. The summed E-state index contributed by atoms with van der Waals surface area (Å²) >= 11 is 0. The van der Waals surface area contributed by atoms with Crippen LogP contribution in [0.4, 0.5) is 19.0 Å². The molecule has 2 N–H and O–H groups in total. The van der Waals surface area contributed by atoms with Gasteiger partial charge in [0.15, 0.2) is 0 Å². The summed E-state index contributed by atoms with van der Waals surface area (Å²) in [6, 6.07) is 5.69. The first-order chi connectivity index (χ1) is 16.6. The first-order valence-corrected chi connectivity index (χ1v) is 11.0. The second-order valence-corrected chi connectivity index (χ2v) is 8.63. The molecule has 1 atom stereocenters. The first kappa shape index (κ1) is 23.0. The van der Waals surface area contributed by atoms with Crippen LogP contribution in [-0.4, -0.2) is 51.2 Å². The number of aromatic nitrogens is 2. The fourth-order valence-electron chi connectivity index (χ4n) is 4.63. The summed E-state index contributed by atoms with van der Waals surface area (Å²) in [6.07, 6.45) is -2.99. The first-order valence-electron chi connectivity index (χ1n) is 11.0. The van der Waals surface area contributed by atoms with Gasteiger partial charge in [0.1, 0.15) is 11.5 Å². The van der Waals surface area contributed by atoms with Gasteiger partial charge in [-0.05, 0) is 29.3 Å². The number of rotatable bonds is 2. The SMILES string of the molecule is CC(=O)N1CCN(C(=O)c2cc3c4c(c(N)nc3cn2)COC4)C(c2ccc(C(F)(F)F)cc2)C1. The molecule has 4 heterocycles. The lowest BCUT2D eigenvalue weighted by molar-refractivity contribution is -0.137. The Balaban J connectivity index is 1.51. The van der Waals surface area contributed by atoms with Crippen LogP contribution in [0.1, 0.15) is 45.7 Å². The number of carbonyl (C=O) groups excluding carboxylic acids is 2. The Morgan fingerprint density at radius 3 is 2.51 bits per heavy atom. The van der Waals surface area contributed by atoms with Gasteiger partial charge >= 0.3 is 6.18 Å². The minimum absolute atomic E-state index is 0.168. The van der Waals surface area contributed by atoms with Crippen LogP contribution in [-0.2, 0) is 28.9 Å². The summed E-state index contributed by atoms with van der Waals surface area (Å²) in [4.78, 5) is 37.4. The molecule has 0 radical (unpaired) electrons. The molecule has 2 aromatic heterocycles. The molecular formula is C24H22F3N5O3. The third-order valence-corrected chi connectivity index (χ3v) is 6.54. The normalized spacial score (nSPS) is 18.1. The fraction of sp³-hybridized carbons (Fsp3) is 0.333. The molecule has 0 spiro atoms. The number of alkyl halides is 3. The third-order valence-electron chi connectivity index (χ3n) is 6.54. The van der Waals surface area contributed by atoms with Crippen LogP contribution >= 0.6 is 0 Å². The van der Waals surface area contributed by atoms with Crippen molar-refractivity contribution in [2.45, 2.75) is 32.4 Å². The number of benzene rings is 1. The number of halogens is 3. The van der Waals surface area contributed by atoms with E-state index in [0.29, 0.717) is 36.7 Å². The molecule has 1 aromatic carbocycles. The molecule has 1 fully saturated rings. The number of anilines is 1. The summed E-state index contributed by atoms with van der Waals surface area (Å²) < 4.78 is 44.7. The third kappa shape index (κ3) is 4.16. The van der Waals surface area contributed by atoms with Crippen molar-refractivity contribution < 1.29 is 27.5 Å². The zero-order valence-corrected chi connectivity index (χ0v) is 18.8. The number of fused-ring (bicyclic) bond motifs is 3. The number of nitrogens with two attached hydrogens (primary N) is 1. The van der Waals surface area contributed by atoms with Crippen molar-refractivity contribution in [2.24, 2.45) is 0 Å². The molecule has 0 bridgehead atoms. The predicted molar refractivity (Wildman–Crippen MR) is 120 cm³/mol. The Morgan fingerprint density at radius 1 is 1.11 bits per heavy atom. The molecule has 1 unspecified atom stereocenters. The molecule has 8 nitrogen and oxygen atoms in total. The predicted octanol–water partition coefficient (Wildman–Crippen LogP) is 3.31. The molecule has 1 saturated heterocycles. The zero-order valence-electron chi connectivity index (χ0n) is 18.8. The number of pyridine rings is 2. The lowest BCUT2D eigenvalue weighted by Crippen LogP contribution is -2.52. The lowest BCUT2D eigenvalue weighted by atomic mass is 9.99. The highest BCUT2D eigenvalue weighted by Crippen LogP contribution is 2.34. The van der Waals surface area contributed by atoms with Crippen LogP contribution in [0, 0.1) is 0 Å². The van der Waals surface area contributed by atoms with Crippen LogP contribution in [0.15, 0.2) is 36.5 Å². The molecule has 11 heteroatoms. The second-order valence-electron chi connectivity index (χ2n) is 8.63. The average molecular weight is 485 g/mol. The van der Waals surface area contributed by atoms with Crippen LogP contribution in [0.2, 0.25) is 0 Å². The summed E-state index contributed by atoms with van der Waals surface area (Å²) in [6.45, 7) is 2.81. The van der Waals surface area contributed by atoms with Gasteiger partial charge in [0, 0.05) is 37.5 Å². The van der Waals surface area contributed by atoms with Crippen molar-refractivity contribution in [1.29, 1.82) is 0 Å². The second kappa shape index (κ2) is 8.49. The average Bonchev–Trinajstić information content (AvgIpc) is 3.34. The van der Waals surface area contributed by atoms with E-state index in [2.05, 4.69) is 9.97 Å². The van der Waals surface area contributed by atoms with Gasteiger partial charge in [0.25, 0.3) is 5.91 Å². The summed E-state index contributed by atoms with van der Waals surface area (Å²) in [5.74, 6) is -0.185. The topological polar surface area (TPSA) is 102 Å². The van der Waals surface area contributed by atoms with Gasteiger partial charge in [0.2, 0.25) is 5.91 Å². The molecule has 0 saturated carbocycles. The molecule has 2 amide bonds. The van der Waals surface area contributed by atoms with E-state index in [9.17, 15) is 22.8 Å². The molecule has 2 aliphatic heterocycles. The highest BCUT2D eigenvalue weighted by atomic mass is 19.4. The van der Waals surface area contributed by atoms with Crippen molar-refractivity contribution >= 4 is 28.5 Å². The van der Waals surface area contributed by atoms with Crippen LogP contribution < -0.4 is 5.73 Å². The van der Waals surface area contributed by atoms with Crippen LogP contribution in [0.25, 0.3) is 10.9 Å². The Bertz CT molecular complexity index is 1330. The van der Waals surface area contributed by atoms with Crippen molar-refractivity contribution in [1.82, 2.24) is 19.8 Å². The summed E-state index contributed by atoms with van der Waals surface area (Å²) in [5, 5.41) is 0.721. The number of nitrogens with zero attached hydrogens (tertiary/aromatic N) is 4. The van der Waals surface area contributed by atoms with Crippen molar-refractivity contribution in [2.75, 3.05) is 25.4 Å². The number of ether oxygens (including phenoxy) is 1. The van der Waals surface area contributed by atoms with Gasteiger partial charge in [-0.15, -0.1) is 0 Å². The molecule has 182 valence electrons. The molecule has 3 aromatic rings. The highest BCUT2D eigenvalue weighted by Gasteiger charge is 2.35. The monoisotopic (exact) mass is 485 g/mol. The molecule has 5 rings (SSSR count). The van der Waals surface area contributed by atoms with Crippen LogP contribution in [0.3, 0.4) is 0 Å². The summed E-state index contributed by atoms with van der Waals surface area (Å²) in [5.41, 5.74) is 8.11. The van der Waals surface area contributed by atoms with E-state index in [1.54, 1.807) is 15.9 Å². The van der Waals surface area contributed by atoms with E-state index >= 15 is 0 Å². The van der Waals surface area contributed by atoms with Gasteiger partial charge in [-0.2, -0.15) is 13.2 Å². The Kier molecular flexibility index (Phi) is 5.59. The molecular weight excluding hydrogens is 463 g/mol. The Hall–Kier alpha value is -3.73. The quantitative estimate of drug-likeness (QED) is 0.598. The minimum atomic E-state index is -4.47. The van der Waals surface area contributed by atoms with E-state index < -0.39 is 17.8 Å². The number of hydrogen-bond acceptors (Lipinski definition) is 6. The lowest BCUT2D eigenvalue weighted by Gasteiger charge is -2.41. The van der Waals surface area contributed by atoms with Gasteiger partial charge < -0.3 is 20.3 Å². The number of hydrogen-bond donors (Lipinski definition) is 1.